The highest BCUT2D eigenvalue weighted by atomic mass is 16.5. The average molecular weight is 309 g/mol. The second-order valence-corrected chi connectivity index (χ2v) is 6.07. The SMILES string of the molecule is COc1ccccc1C(=O)c1cccc(CN2CCCCC2)c1. The van der Waals surface area contributed by atoms with E-state index in [1.165, 1.54) is 24.8 Å². The van der Waals surface area contributed by atoms with Gasteiger partial charge < -0.3 is 4.74 Å². The van der Waals surface area contributed by atoms with Crippen LogP contribution in [0.5, 0.6) is 5.75 Å². The molecule has 23 heavy (non-hydrogen) atoms. The van der Waals surface area contributed by atoms with Crippen molar-refractivity contribution in [3.63, 3.8) is 0 Å². The molecule has 0 N–H and O–H groups in total. The fourth-order valence-electron chi connectivity index (χ4n) is 3.17. The molecule has 1 saturated heterocycles. The van der Waals surface area contributed by atoms with Crippen molar-refractivity contribution in [1.82, 2.24) is 4.90 Å². The van der Waals surface area contributed by atoms with Gasteiger partial charge in [0.25, 0.3) is 0 Å². The lowest BCUT2D eigenvalue weighted by Crippen LogP contribution is -2.29. The minimum Gasteiger partial charge on any atom is -0.496 e. The topological polar surface area (TPSA) is 29.5 Å². The number of ketones is 1. The van der Waals surface area contributed by atoms with E-state index in [-0.39, 0.29) is 5.78 Å². The third-order valence-electron chi connectivity index (χ3n) is 4.40. The smallest absolute Gasteiger partial charge is 0.196 e. The van der Waals surface area contributed by atoms with Gasteiger partial charge in [0.05, 0.1) is 12.7 Å². The number of hydrogen-bond donors (Lipinski definition) is 0. The molecule has 2 aromatic rings. The van der Waals surface area contributed by atoms with Gasteiger partial charge in [0.1, 0.15) is 5.75 Å². The lowest BCUT2D eigenvalue weighted by molar-refractivity contribution is 0.103. The molecule has 0 aliphatic carbocycles. The van der Waals surface area contributed by atoms with Gasteiger partial charge in [-0.1, -0.05) is 36.8 Å². The van der Waals surface area contributed by atoms with Crippen LogP contribution in [-0.4, -0.2) is 30.9 Å². The van der Waals surface area contributed by atoms with Crippen LogP contribution in [0.4, 0.5) is 0 Å². The normalized spacial score (nSPS) is 15.3. The Labute approximate surface area is 137 Å². The largest absolute Gasteiger partial charge is 0.496 e. The Morgan fingerprint density at radius 2 is 1.83 bits per heavy atom. The first-order valence-corrected chi connectivity index (χ1v) is 8.27. The molecular formula is C20H23NO2. The predicted octanol–water partition coefficient (Wildman–Crippen LogP) is 3.91. The highest BCUT2D eigenvalue weighted by Gasteiger charge is 2.15. The lowest BCUT2D eigenvalue weighted by atomic mass is 10.00. The van der Waals surface area contributed by atoms with Gasteiger partial charge in [-0.25, -0.2) is 0 Å². The summed E-state index contributed by atoms with van der Waals surface area (Å²) in [6.45, 7) is 3.24. The van der Waals surface area contributed by atoms with Gasteiger partial charge in [-0.2, -0.15) is 0 Å². The second-order valence-electron chi connectivity index (χ2n) is 6.07. The van der Waals surface area contributed by atoms with Crippen molar-refractivity contribution in [2.75, 3.05) is 20.2 Å². The number of methoxy groups -OCH3 is 1. The fourth-order valence-corrected chi connectivity index (χ4v) is 3.17. The zero-order valence-corrected chi connectivity index (χ0v) is 13.6. The fraction of sp³-hybridized carbons (Fsp3) is 0.350. The van der Waals surface area contributed by atoms with Crippen LogP contribution in [0.2, 0.25) is 0 Å². The first-order valence-electron chi connectivity index (χ1n) is 8.27. The predicted molar refractivity (Wildman–Crippen MR) is 92.0 cm³/mol. The summed E-state index contributed by atoms with van der Waals surface area (Å²) in [6, 6.07) is 15.4. The first-order chi connectivity index (χ1) is 11.3. The van der Waals surface area contributed by atoms with E-state index in [0.29, 0.717) is 11.3 Å². The Hall–Kier alpha value is -2.13. The van der Waals surface area contributed by atoms with E-state index in [1.54, 1.807) is 7.11 Å². The van der Waals surface area contributed by atoms with Gasteiger partial charge in [0.15, 0.2) is 5.78 Å². The summed E-state index contributed by atoms with van der Waals surface area (Å²) in [7, 11) is 1.60. The van der Waals surface area contributed by atoms with Gasteiger partial charge >= 0.3 is 0 Å². The molecule has 0 unspecified atom stereocenters. The van der Waals surface area contributed by atoms with Crippen LogP contribution in [-0.2, 0) is 6.54 Å². The molecule has 0 radical (unpaired) electrons. The number of ether oxygens (including phenoxy) is 1. The minimum atomic E-state index is 0.0166. The molecule has 0 bridgehead atoms. The standard InChI is InChI=1S/C20H23NO2/c1-23-19-11-4-3-10-18(19)20(22)17-9-7-8-16(14-17)15-21-12-5-2-6-13-21/h3-4,7-11,14H,2,5-6,12-13,15H2,1H3. The quantitative estimate of drug-likeness (QED) is 0.784. The van der Waals surface area contributed by atoms with Gasteiger partial charge in [0, 0.05) is 12.1 Å². The van der Waals surface area contributed by atoms with Crippen molar-refractivity contribution in [1.29, 1.82) is 0 Å². The molecule has 3 nitrogen and oxygen atoms in total. The summed E-state index contributed by atoms with van der Waals surface area (Å²) in [5, 5.41) is 0. The number of para-hydroxylation sites is 1. The van der Waals surface area contributed by atoms with Crippen LogP contribution in [0.25, 0.3) is 0 Å². The molecule has 0 spiro atoms. The van der Waals surface area contributed by atoms with Gasteiger partial charge in [-0.15, -0.1) is 0 Å². The van der Waals surface area contributed by atoms with Crippen molar-refractivity contribution in [2.45, 2.75) is 25.8 Å². The third-order valence-corrected chi connectivity index (χ3v) is 4.40. The molecule has 1 fully saturated rings. The Balaban J connectivity index is 1.80. The van der Waals surface area contributed by atoms with Crippen molar-refractivity contribution >= 4 is 5.78 Å². The molecular weight excluding hydrogens is 286 g/mol. The average Bonchev–Trinajstić information content (AvgIpc) is 2.62. The van der Waals surface area contributed by atoms with Crippen molar-refractivity contribution in [3.8, 4) is 5.75 Å². The zero-order chi connectivity index (χ0) is 16.1. The number of nitrogens with zero attached hydrogens (tertiary/aromatic N) is 1. The van der Waals surface area contributed by atoms with Gasteiger partial charge in [-0.3, -0.25) is 9.69 Å². The Morgan fingerprint density at radius 1 is 1.04 bits per heavy atom. The second kappa shape index (κ2) is 7.42. The molecule has 2 aromatic carbocycles. The molecule has 0 saturated carbocycles. The summed E-state index contributed by atoms with van der Waals surface area (Å²) in [5.74, 6) is 0.641. The van der Waals surface area contributed by atoms with E-state index >= 15 is 0 Å². The summed E-state index contributed by atoms with van der Waals surface area (Å²) in [4.78, 5) is 15.2. The molecule has 1 heterocycles. The van der Waals surface area contributed by atoms with E-state index in [2.05, 4.69) is 11.0 Å². The summed E-state index contributed by atoms with van der Waals surface area (Å²) in [5.41, 5.74) is 2.54. The van der Waals surface area contributed by atoms with Crippen LogP contribution < -0.4 is 4.74 Å². The lowest BCUT2D eigenvalue weighted by Gasteiger charge is -2.26. The monoisotopic (exact) mass is 309 g/mol. The molecule has 0 amide bonds. The maximum Gasteiger partial charge on any atom is 0.196 e. The van der Waals surface area contributed by atoms with E-state index in [4.69, 9.17) is 4.74 Å². The summed E-state index contributed by atoms with van der Waals surface area (Å²) >= 11 is 0. The molecule has 1 aliphatic rings. The Bertz CT molecular complexity index is 675. The minimum absolute atomic E-state index is 0.0166. The van der Waals surface area contributed by atoms with Crippen LogP contribution in [0, 0.1) is 0 Å². The highest BCUT2D eigenvalue weighted by molar-refractivity contribution is 6.10. The van der Waals surface area contributed by atoms with Crippen molar-refractivity contribution < 1.29 is 9.53 Å². The van der Waals surface area contributed by atoms with E-state index < -0.39 is 0 Å². The van der Waals surface area contributed by atoms with Crippen LogP contribution in [0.3, 0.4) is 0 Å². The van der Waals surface area contributed by atoms with Crippen molar-refractivity contribution in [2.24, 2.45) is 0 Å². The van der Waals surface area contributed by atoms with Crippen LogP contribution in [0.15, 0.2) is 48.5 Å². The van der Waals surface area contributed by atoms with Crippen LogP contribution >= 0.6 is 0 Å². The van der Waals surface area contributed by atoms with E-state index in [1.807, 2.05) is 42.5 Å². The maximum atomic E-state index is 12.8. The first kappa shape index (κ1) is 15.8. The van der Waals surface area contributed by atoms with Crippen molar-refractivity contribution in [3.05, 3.63) is 65.2 Å². The number of hydrogen-bond acceptors (Lipinski definition) is 3. The van der Waals surface area contributed by atoms with Gasteiger partial charge in [0.2, 0.25) is 0 Å². The number of carbonyl (C=O) groups is 1. The Kier molecular flexibility index (Phi) is 5.09. The Morgan fingerprint density at radius 3 is 2.61 bits per heavy atom. The zero-order valence-electron chi connectivity index (χ0n) is 13.6. The van der Waals surface area contributed by atoms with Gasteiger partial charge in [-0.05, 0) is 49.7 Å². The summed E-state index contributed by atoms with van der Waals surface area (Å²) in [6.07, 6.45) is 3.89. The number of carbonyl (C=O) groups excluding carboxylic acids is 1. The highest BCUT2D eigenvalue weighted by Crippen LogP contribution is 2.22. The number of rotatable bonds is 5. The number of piperidine rings is 1. The maximum absolute atomic E-state index is 12.8. The number of benzene rings is 2. The molecule has 1 aliphatic heterocycles. The van der Waals surface area contributed by atoms with Crippen LogP contribution in [0.1, 0.15) is 40.7 Å². The van der Waals surface area contributed by atoms with E-state index in [9.17, 15) is 4.79 Å². The van der Waals surface area contributed by atoms with E-state index in [0.717, 1.165) is 25.2 Å². The third kappa shape index (κ3) is 3.80. The molecule has 0 aromatic heterocycles. The summed E-state index contributed by atoms with van der Waals surface area (Å²) < 4.78 is 5.31. The molecule has 0 atom stereocenters. The molecule has 3 heteroatoms. The number of likely N-dealkylation sites (tertiary alicyclic amines) is 1. The molecule has 3 rings (SSSR count). The molecule has 120 valence electrons.